The Labute approximate surface area is 191 Å². The van der Waals surface area contributed by atoms with Crippen LogP contribution in [-0.2, 0) is 14.3 Å². The number of aromatic nitrogens is 1. The molecule has 0 saturated carbocycles. The summed E-state index contributed by atoms with van der Waals surface area (Å²) in [6, 6.07) is 13.0. The lowest BCUT2D eigenvalue weighted by molar-refractivity contribution is -0.130. The second kappa shape index (κ2) is 10.9. The number of rotatable bonds is 8. The van der Waals surface area contributed by atoms with E-state index >= 15 is 0 Å². The number of nitrogens with one attached hydrogen (secondary N) is 2. The van der Waals surface area contributed by atoms with Gasteiger partial charge in [0.25, 0.3) is 5.91 Å². The Balaban J connectivity index is 1.55. The lowest BCUT2D eigenvalue weighted by atomic mass is 10.2. The van der Waals surface area contributed by atoms with Crippen LogP contribution in [0.15, 0.2) is 60.8 Å². The number of benzene rings is 2. The average molecular weight is 473 g/mol. The van der Waals surface area contributed by atoms with E-state index in [9.17, 15) is 27.6 Å². The molecule has 1 heterocycles. The predicted octanol–water partition coefficient (Wildman–Crippen LogP) is 3.59. The highest BCUT2D eigenvalue weighted by atomic mass is 19.2. The smallest absolute Gasteiger partial charge is 0.344 e. The Morgan fingerprint density at radius 1 is 0.971 bits per heavy atom. The van der Waals surface area contributed by atoms with Crippen LogP contribution in [0, 0.1) is 17.5 Å². The van der Waals surface area contributed by atoms with E-state index in [2.05, 4.69) is 10.3 Å². The molecule has 11 heteroatoms. The molecule has 2 amide bonds. The first-order valence-electron chi connectivity index (χ1n) is 9.86. The Morgan fingerprint density at radius 3 is 2.44 bits per heavy atom. The number of carbonyl (C=O) groups excluding carboxylic acids is 3. The zero-order valence-corrected chi connectivity index (χ0v) is 17.7. The number of ether oxygens (including phenoxy) is 2. The molecule has 1 aromatic heterocycles. The van der Waals surface area contributed by atoms with Crippen molar-refractivity contribution in [3.05, 3.63) is 83.8 Å². The second-order valence-electron chi connectivity index (χ2n) is 6.81. The number of amides is 2. The molecule has 8 nitrogen and oxygen atoms in total. The highest BCUT2D eigenvalue weighted by molar-refractivity contribution is 5.97. The summed E-state index contributed by atoms with van der Waals surface area (Å²) in [5.41, 5.74) is -0.627. The number of para-hydroxylation sites is 1. The van der Waals surface area contributed by atoms with Crippen molar-refractivity contribution in [3.63, 3.8) is 0 Å². The van der Waals surface area contributed by atoms with Crippen LogP contribution in [0.3, 0.4) is 0 Å². The molecule has 0 aliphatic rings. The van der Waals surface area contributed by atoms with Crippen LogP contribution >= 0.6 is 0 Å². The van der Waals surface area contributed by atoms with Gasteiger partial charge < -0.3 is 20.1 Å². The molecule has 0 aliphatic carbocycles. The van der Waals surface area contributed by atoms with E-state index in [1.807, 2.05) is 5.32 Å². The van der Waals surface area contributed by atoms with E-state index in [4.69, 9.17) is 9.47 Å². The van der Waals surface area contributed by atoms with Gasteiger partial charge in [0.1, 0.15) is 11.3 Å². The van der Waals surface area contributed by atoms with Gasteiger partial charge in [-0.3, -0.25) is 9.59 Å². The van der Waals surface area contributed by atoms with Gasteiger partial charge in [-0.1, -0.05) is 18.2 Å². The van der Waals surface area contributed by atoms with Crippen molar-refractivity contribution in [2.45, 2.75) is 13.0 Å². The minimum Gasteiger partial charge on any atom is -0.449 e. The van der Waals surface area contributed by atoms with Gasteiger partial charge in [-0.15, -0.1) is 0 Å². The van der Waals surface area contributed by atoms with Crippen molar-refractivity contribution in [3.8, 4) is 11.6 Å². The lowest BCUT2D eigenvalue weighted by Gasteiger charge is -2.15. The van der Waals surface area contributed by atoms with E-state index in [-0.39, 0.29) is 11.4 Å². The molecule has 3 aromatic rings. The second-order valence-corrected chi connectivity index (χ2v) is 6.81. The van der Waals surface area contributed by atoms with Gasteiger partial charge in [-0.25, -0.2) is 22.9 Å². The van der Waals surface area contributed by atoms with Crippen molar-refractivity contribution >= 4 is 23.5 Å². The van der Waals surface area contributed by atoms with Gasteiger partial charge in [0.2, 0.25) is 11.8 Å². The zero-order valence-electron chi connectivity index (χ0n) is 17.7. The number of esters is 1. The van der Waals surface area contributed by atoms with Crippen LogP contribution < -0.4 is 15.4 Å². The predicted molar refractivity (Wildman–Crippen MR) is 114 cm³/mol. The topological polar surface area (TPSA) is 107 Å². The molecule has 0 radical (unpaired) electrons. The molecule has 3 rings (SSSR count). The summed E-state index contributed by atoms with van der Waals surface area (Å²) >= 11 is 0. The number of pyridine rings is 1. The molecule has 2 N–H and O–H groups in total. The van der Waals surface area contributed by atoms with Gasteiger partial charge in [0.15, 0.2) is 23.6 Å². The van der Waals surface area contributed by atoms with Crippen molar-refractivity contribution in [1.29, 1.82) is 0 Å². The van der Waals surface area contributed by atoms with Crippen molar-refractivity contribution in [2.24, 2.45) is 0 Å². The number of hydrogen-bond donors (Lipinski definition) is 2. The Bertz CT molecular complexity index is 1210. The number of nitrogens with zero attached hydrogens (tertiary/aromatic N) is 1. The van der Waals surface area contributed by atoms with Crippen molar-refractivity contribution in [2.75, 3.05) is 11.9 Å². The summed E-state index contributed by atoms with van der Waals surface area (Å²) in [7, 11) is 0. The van der Waals surface area contributed by atoms with E-state index in [0.717, 1.165) is 6.07 Å². The molecular weight excluding hydrogens is 455 g/mol. The maximum atomic E-state index is 13.6. The summed E-state index contributed by atoms with van der Waals surface area (Å²) in [4.78, 5) is 40.7. The van der Waals surface area contributed by atoms with Crippen molar-refractivity contribution < 1.29 is 37.0 Å². The Morgan fingerprint density at radius 2 is 1.71 bits per heavy atom. The summed E-state index contributed by atoms with van der Waals surface area (Å²) in [5.74, 6) is -6.96. The third kappa shape index (κ3) is 6.09. The number of halogens is 3. The first kappa shape index (κ1) is 24.2. The van der Waals surface area contributed by atoms with Crippen LogP contribution in [0.5, 0.6) is 11.6 Å². The standard InChI is InChI=1S/C23H18F3N3O5/c1-13(21(31)28-12-18(30)29-17-10-9-16(24)19(25)20(17)26)33-23(32)15-8-5-11-27-22(15)34-14-6-3-2-4-7-14/h2-11,13H,12H2,1H3,(H,28,31)(H,29,30). The Hall–Kier alpha value is -4.41. The van der Waals surface area contributed by atoms with Gasteiger partial charge in [-0.05, 0) is 43.3 Å². The molecule has 34 heavy (non-hydrogen) atoms. The van der Waals surface area contributed by atoms with E-state index in [1.165, 1.54) is 25.3 Å². The minimum absolute atomic E-state index is 0.0285. The first-order valence-corrected chi connectivity index (χ1v) is 9.86. The molecule has 0 aliphatic heterocycles. The van der Waals surface area contributed by atoms with Gasteiger partial charge in [0, 0.05) is 6.20 Å². The SMILES string of the molecule is CC(OC(=O)c1cccnc1Oc1ccccc1)C(=O)NCC(=O)Nc1ccc(F)c(F)c1F. The largest absolute Gasteiger partial charge is 0.449 e. The van der Waals surface area contributed by atoms with Gasteiger partial charge in [-0.2, -0.15) is 0 Å². The van der Waals surface area contributed by atoms with E-state index in [0.29, 0.717) is 11.8 Å². The van der Waals surface area contributed by atoms with Crippen LogP contribution in [0.1, 0.15) is 17.3 Å². The van der Waals surface area contributed by atoms with Crippen molar-refractivity contribution in [1.82, 2.24) is 10.3 Å². The molecule has 0 spiro atoms. The molecule has 1 atom stereocenters. The van der Waals surface area contributed by atoms with Crippen LogP contribution in [-0.4, -0.2) is 35.4 Å². The highest BCUT2D eigenvalue weighted by Crippen LogP contribution is 2.23. The fourth-order valence-electron chi connectivity index (χ4n) is 2.63. The number of carbonyl (C=O) groups is 3. The molecule has 176 valence electrons. The van der Waals surface area contributed by atoms with Crippen LogP contribution in [0.2, 0.25) is 0 Å². The molecule has 0 saturated heterocycles. The highest BCUT2D eigenvalue weighted by Gasteiger charge is 2.23. The van der Waals surface area contributed by atoms with E-state index < -0.39 is 53.6 Å². The fourth-order valence-corrected chi connectivity index (χ4v) is 2.63. The normalized spacial score (nSPS) is 11.3. The third-order valence-corrected chi connectivity index (χ3v) is 4.33. The lowest BCUT2D eigenvalue weighted by Crippen LogP contribution is -2.40. The molecule has 0 fully saturated rings. The zero-order chi connectivity index (χ0) is 24.7. The van der Waals surface area contributed by atoms with Crippen LogP contribution in [0.4, 0.5) is 18.9 Å². The quantitative estimate of drug-likeness (QED) is 0.383. The monoisotopic (exact) mass is 473 g/mol. The number of anilines is 1. The van der Waals surface area contributed by atoms with Crippen LogP contribution in [0.25, 0.3) is 0 Å². The molecule has 1 unspecified atom stereocenters. The summed E-state index contributed by atoms with van der Waals surface area (Å²) in [5, 5.41) is 4.20. The maximum Gasteiger partial charge on any atom is 0.344 e. The third-order valence-electron chi connectivity index (χ3n) is 4.33. The molecule has 2 aromatic carbocycles. The van der Waals surface area contributed by atoms with Gasteiger partial charge >= 0.3 is 5.97 Å². The molecule has 0 bridgehead atoms. The first-order chi connectivity index (χ1) is 16.3. The van der Waals surface area contributed by atoms with E-state index in [1.54, 1.807) is 30.3 Å². The minimum atomic E-state index is -1.74. The van der Waals surface area contributed by atoms with Gasteiger partial charge in [0.05, 0.1) is 12.2 Å². The average Bonchev–Trinajstić information content (AvgIpc) is 2.83. The summed E-state index contributed by atoms with van der Waals surface area (Å²) < 4.78 is 50.5. The molecular formula is C23H18F3N3O5. The fraction of sp³-hybridized carbons (Fsp3) is 0.130. The number of hydrogen-bond acceptors (Lipinski definition) is 6. The summed E-state index contributed by atoms with van der Waals surface area (Å²) in [6.07, 6.45) is 0.102. The summed E-state index contributed by atoms with van der Waals surface area (Å²) in [6.45, 7) is 0.628. The maximum absolute atomic E-state index is 13.6. The Kier molecular flexibility index (Phi) is 7.80.